The van der Waals surface area contributed by atoms with Crippen molar-refractivity contribution in [1.29, 1.82) is 5.41 Å². The Morgan fingerprint density at radius 1 is 1.08 bits per heavy atom. The van der Waals surface area contributed by atoms with Crippen LogP contribution in [0.15, 0.2) is 47.4 Å². The molecule has 0 saturated carbocycles. The Bertz CT molecular complexity index is 1620. The highest BCUT2D eigenvalue weighted by Crippen LogP contribution is 2.24. The molecule has 1 aromatic heterocycles. The average Bonchev–Trinajstić information content (AvgIpc) is 2.97. The highest BCUT2D eigenvalue weighted by atomic mass is 19.3. The first-order valence-corrected chi connectivity index (χ1v) is 14.1. The molecule has 14 N–H and O–H groups in total. The topological polar surface area (TPSA) is 302 Å². The van der Waals surface area contributed by atoms with Gasteiger partial charge >= 0.3 is 6.22 Å². The molecule has 49 heavy (non-hydrogen) atoms. The Morgan fingerprint density at radius 2 is 1.67 bits per heavy atom. The van der Waals surface area contributed by atoms with Crippen molar-refractivity contribution in [3.8, 4) is 17.0 Å². The minimum Gasteiger partial charge on any atom is -0.507 e. The molecule has 0 spiro atoms. The summed E-state index contributed by atoms with van der Waals surface area (Å²) in [5, 5.41) is 32.9. The largest absolute Gasteiger partial charge is 0.507 e. The first-order valence-electron chi connectivity index (χ1n) is 14.1. The van der Waals surface area contributed by atoms with Crippen LogP contribution in [0, 0.1) is 5.41 Å². The predicted octanol–water partition coefficient (Wildman–Crippen LogP) is 2.01. The zero-order chi connectivity index (χ0) is 35.8. The van der Waals surface area contributed by atoms with Gasteiger partial charge in [0.15, 0.2) is 5.82 Å². The van der Waals surface area contributed by atoms with Crippen LogP contribution in [0.2, 0.25) is 0 Å². The second-order valence-corrected chi connectivity index (χ2v) is 10.2. The van der Waals surface area contributed by atoms with Crippen molar-refractivity contribution in [3.05, 3.63) is 69.6 Å². The van der Waals surface area contributed by atoms with E-state index in [9.17, 15) is 32.7 Å². The number of nitrogens with one attached hydrogen (secondary N) is 4. The van der Waals surface area contributed by atoms with Crippen LogP contribution in [0.1, 0.15) is 55.6 Å². The van der Waals surface area contributed by atoms with Crippen LogP contribution in [0.3, 0.4) is 0 Å². The molecule has 0 aliphatic rings. The second-order valence-electron chi connectivity index (χ2n) is 10.2. The van der Waals surface area contributed by atoms with E-state index in [1.807, 2.05) is 27.7 Å². The number of phenolic OH excluding ortho intramolecular Hbond substituents is 1. The molecule has 0 bridgehead atoms. The Balaban J connectivity index is 0. The number of carboxylic acid groups (broad SMARTS) is 1. The van der Waals surface area contributed by atoms with Gasteiger partial charge in [0, 0.05) is 35.4 Å². The van der Waals surface area contributed by atoms with Gasteiger partial charge in [0.05, 0.1) is 17.5 Å². The Kier molecular flexibility index (Phi) is 20.4. The number of amidine groups is 1. The zero-order valence-electron chi connectivity index (χ0n) is 27.2. The number of carbonyl (C=O) groups is 3. The second kappa shape index (κ2) is 22.0. The number of halogens is 3. The van der Waals surface area contributed by atoms with Gasteiger partial charge in [0.2, 0.25) is 12.8 Å². The van der Waals surface area contributed by atoms with Crippen molar-refractivity contribution in [1.82, 2.24) is 20.2 Å². The van der Waals surface area contributed by atoms with Crippen molar-refractivity contribution in [2.75, 3.05) is 18.0 Å². The fraction of sp³-hybridized carbons (Fsp3) is 0.333. The maximum atomic E-state index is 13.4. The first kappa shape index (κ1) is 45.4. The molecule has 16 nitrogen and oxygen atoms in total. The molecule has 2 aromatic carbocycles. The third-order valence-electron chi connectivity index (χ3n) is 6.13. The average molecular weight is 701 g/mol. The van der Waals surface area contributed by atoms with Gasteiger partial charge in [0.1, 0.15) is 18.1 Å². The zero-order valence-corrected chi connectivity index (χ0v) is 27.2. The number of aromatic hydroxyl groups is 1. The summed E-state index contributed by atoms with van der Waals surface area (Å²) in [5.74, 6) is -1.15. The maximum Gasteiger partial charge on any atom is 0.492 e. The van der Waals surface area contributed by atoms with Crippen LogP contribution in [0.4, 0.5) is 29.5 Å². The van der Waals surface area contributed by atoms with E-state index in [1.165, 1.54) is 22.9 Å². The molecule has 0 aliphatic carbocycles. The van der Waals surface area contributed by atoms with Gasteiger partial charge in [0.25, 0.3) is 11.5 Å². The standard InChI is InChI=1S/C28H36N8O4.CH2F2.CHFO2.2H2O/c1-5-16(4)35-27(39)19-9-18(10-20(29)11-19)22-13-33-26(34-15(2)3)28(40)36(22)14-24(38)32-12-17-6-7-21(25(30)31)23(37)8-17;2-1-3;2-1(3)4;;/h6-11,13,15-16,37H,5,12,14,29H2,1-4H3,(H3,30,31)(H,32,38)(H,33,34)(H,35,39);1H2;(H,3,4);2*1H2/t16-;;;;/m1..../s1. The summed E-state index contributed by atoms with van der Waals surface area (Å²) in [7, 11) is 0. The highest BCUT2D eigenvalue weighted by Gasteiger charge is 2.18. The number of rotatable bonds is 11. The summed E-state index contributed by atoms with van der Waals surface area (Å²) < 4.78 is 30.4. The van der Waals surface area contributed by atoms with E-state index in [2.05, 4.69) is 20.9 Å². The number of nitrogens with two attached hydrogens (primary N) is 2. The van der Waals surface area contributed by atoms with Crippen LogP contribution >= 0.6 is 0 Å². The van der Waals surface area contributed by atoms with Gasteiger partial charge in [-0.05, 0) is 63.1 Å². The van der Waals surface area contributed by atoms with Crippen LogP contribution in [0.5, 0.6) is 5.75 Å². The third kappa shape index (κ3) is 15.2. The quantitative estimate of drug-likeness (QED) is 0.0623. The summed E-state index contributed by atoms with van der Waals surface area (Å²) in [6.45, 7) is 5.55. The van der Waals surface area contributed by atoms with Gasteiger partial charge in [-0.1, -0.05) is 13.0 Å². The fourth-order valence-electron chi connectivity index (χ4n) is 3.90. The molecular weight excluding hydrogens is 657 g/mol. The SMILES string of the molecule is CC[C@@H](C)NC(=O)c1cc(N)cc(-c2cnc(NC(C)C)c(=O)n2CC(=O)NCc2ccc(C(=N)N)c(O)c2)c1.FCF.O.O.O=C(O)F. The smallest absolute Gasteiger partial charge is 0.492 e. The number of aromatic nitrogens is 2. The lowest BCUT2D eigenvalue weighted by Gasteiger charge is -2.17. The minimum absolute atomic E-state index is 0. The molecule has 0 aliphatic heterocycles. The van der Waals surface area contributed by atoms with E-state index in [0.717, 1.165) is 6.42 Å². The predicted molar refractivity (Wildman–Crippen MR) is 179 cm³/mol. The molecular formula is C30H43F3N8O8. The molecule has 1 heterocycles. The van der Waals surface area contributed by atoms with Crippen LogP contribution < -0.4 is 33.0 Å². The Labute approximate surface area is 279 Å². The molecule has 272 valence electrons. The van der Waals surface area contributed by atoms with E-state index in [0.29, 0.717) is 28.1 Å². The Morgan fingerprint density at radius 3 is 2.18 bits per heavy atom. The summed E-state index contributed by atoms with van der Waals surface area (Å²) in [6.07, 6.45) is -0.118. The molecule has 3 rings (SSSR count). The molecule has 2 amide bonds. The summed E-state index contributed by atoms with van der Waals surface area (Å²) >= 11 is 0. The molecule has 0 fully saturated rings. The Hall–Kier alpha value is -5.69. The lowest BCUT2D eigenvalue weighted by molar-refractivity contribution is -0.121. The highest BCUT2D eigenvalue weighted by molar-refractivity contribution is 5.98. The van der Waals surface area contributed by atoms with Crippen LogP contribution in [-0.2, 0) is 17.9 Å². The van der Waals surface area contributed by atoms with E-state index in [4.69, 9.17) is 26.8 Å². The summed E-state index contributed by atoms with van der Waals surface area (Å²) in [6, 6.07) is 9.17. The van der Waals surface area contributed by atoms with Gasteiger partial charge in [-0.15, -0.1) is 4.39 Å². The monoisotopic (exact) mass is 700 g/mol. The number of nitrogen functional groups attached to an aromatic ring is 2. The normalized spacial score (nSPS) is 10.4. The molecule has 3 aromatic rings. The van der Waals surface area contributed by atoms with Gasteiger partial charge < -0.3 is 48.6 Å². The lowest BCUT2D eigenvalue weighted by atomic mass is 10.1. The van der Waals surface area contributed by atoms with Crippen LogP contribution in [0.25, 0.3) is 11.3 Å². The van der Waals surface area contributed by atoms with Crippen molar-refractivity contribution in [2.24, 2.45) is 5.73 Å². The van der Waals surface area contributed by atoms with E-state index in [1.54, 1.807) is 24.3 Å². The number of hydrogen-bond acceptors (Lipinski definition) is 9. The van der Waals surface area contributed by atoms with Crippen molar-refractivity contribution < 1.29 is 48.7 Å². The molecule has 19 heteroatoms. The van der Waals surface area contributed by atoms with Gasteiger partial charge in [-0.25, -0.2) is 18.6 Å². The van der Waals surface area contributed by atoms with Gasteiger partial charge in [-0.2, -0.15) is 0 Å². The summed E-state index contributed by atoms with van der Waals surface area (Å²) in [5.41, 5.74) is 13.2. The van der Waals surface area contributed by atoms with E-state index < -0.39 is 24.6 Å². The van der Waals surface area contributed by atoms with E-state index >= 15 is 0 Å². The molecule has 1 atom stereocenters. The molecule has 0 radical (unpaired) electrons. The lowest BCUT2D eigenvalue weighted by Crippen LogP contribution is -2.35. The number of nitrogens with zero attached hydrogens (tertiary/aromatic N) is 2. The number of hydrogen-bond donors (Lipinski definition) is 8. The molecule has 0 saturated heterocycles. The summed E-state index contributed by atoms with van der Waals surface area (Å²) in [4.78, 5) is 51.8. The van der Waals surface area contributed by atoms with Crippen molar-refractivity contribution >= 4 is 35.4 Å². The third-order valence-corrected chi connectivity index (χ3v) is 6.13. The number of carbonyl (C=O) groups excluding carboxylic acids is 2. The molecule has 0 unspecified atom stereocenters. The van der Waals surface area contributed by atoms with Crippen molar-refractivity contribution in [2.45, 2.75) is 59.3 Å². The van der Waals surface area contributed by atoms with Crippen molar-refractivity contribution in [3.63, 3.8) is 0 Å². The minimum atomic E-state index is -2.33. The maximum absolute atomic E-state index is 13.4. The van der Waals surface area contributed by atoms with Crippen LogP contribution in [-0.4, -0.2) is 73.6 Å². The first-order chi connectivity index (χ1) is 22.0. The number of phenols is 1. The van der Waals surface area contributed by atoms with E-state index in [-0.39, 0.29) is 65.0 Å². The number of alkyl halides is 2. The number of anilines is 2. The van der Waals surface area contributed by atoms with Gasteiger partial charge in [-0.3, -0.25) is 24.4 Å². The number of amides is 2. The number of benzene rings is 2. The fourth-order valence-corrected chi connectivity index (χ4v) is 3.90.